The number of carbonyl (C=O) groups is 2. The number of methoxy groups -OCH3 is 1. The molecule has 0 atom stereocenters. The molecule has 0 saturated carbocycles. The summed E-state index contributed by atoms with van der Waals surface area (Å²) < 4.78 is 10.9. The van der Waals surface area contributed by atoms with Crippen LogP contribution in [-0.2, 0) is 11.2 Å². The first kappa shape index (κ1) is 21.7. The standard InChI is InChI=1S/C24H30N2O4/c1-3-30-22-9-6-18(16-23(22)29-2)10-13-25-24(28)20-11-14-26(15-12-20)21-7-4-19(17-27)5-8-21/h4-9,16-17,20H,3,10-15H2,1-2H3,(H,25,28). The average molecular weight is 411 g/mol. The average Bonchev–Trinajstić information content (AvgIpc) is 2.80. The fraction of sp³-hybridized carbons (Fsp3) is 0.417. The van der Waals surface area contributed by atoms with Crippen LogP contribution in [-0.4, -0.2) is 45.5 Å². The number of anilines is 1. The Kier molecular flexibility index (Phi) is 7.71. The van der Waals surface area contributed by atoms with Crippen molar-refractivity contribution >= 4 is 17.9 Å². The van der Waals surface area contributed by atoms with Crippen molar-refractivity contribution in [1.82, 2.24) is 5.32 Å². The van der Waals surface area contributed by atoms with Gasteiger partial charge >= 0.3 is 0 Å². The monoisotopic (exact) mass is 410 g/mol. The Balaban J connectivity index is 1.44. The largest absolute Gasteiger partial charge is 0.493 e. The molecule has 0 aromatic heterocycles. The summed E-state index contributed by atoms with van der Waals surface area (Å²) >= 11 is 0. The fourth-order valence-electron chi connectivity index (χ4n) is 3.78. The molecule has 0 unspecified atom stereocenters. The van der Waals surface area contributed by atoms with Gasteiger partial charge in [-0.25, -0.2) is 0 Å². The number of amides is 1. The minimum absolute atomic E-state index is 0.0466. The number of benzene rings is 2. The van der Waals surface area contributed by atoms with Gasteiger partial charge in [0.25, 0.3) is 0 Å². The molecule has 1 aliphatic heterocycles. The Morgan fingerprint density at radius 3 is 2.50 bits per heavy atom. The quantitative estimate of drug-likeness (QED) is 0.641. The van der Waals surface area contributed by atoms with E-state index >= 15 is 0 Å². The first-order valence-corrected chi connectivity index (χ1v) is 10.5. The SMILES string of the molecule is CCOc1ccc(CCNC(=O)C2CCN(c3ccc(C=O)cc3)CC2)cc1OC. The number of rotatable bonds is 9. The molecule has 3 rings (SSSR count). The third kappa shape index (κ3) is 5.53. The summed E-state index contributed by atoms with van der Waals surface area (Å²) in [5, 5.41) is 3.08. The molecule has 1 aliphatic rings. The minimum Gasteiger partial charge on any atom is -0.493 e. The summed E-state index contributed by atoms with van der Waals surface area (Å²) in [4.78, 5) is 25.6. The molecule has 30 heavy (non-hydrogen) atoms. The lowest BCUT2D eigenvalue weighted by Gasteiger charge is -2.33. The van der Waals surface area contributed by atoms with Crippen LogP contribution in [0.4, 0.5) is 5.69 Å². The first-order chi connectivity index (χ1) is 14.6. The van der Waals surface area contributed by atoms with Crippen molar-refractivity contribution in [3.8, 4) is 11.5 Å². The molecule has 0 bridgehead atoms. The smallest absolute Gasteiger partial charge is 0.223 e. The third-order valence-corrected chi connectivity index (χ3v) is 5.50. The Morgan fingerprint density at radius 1 is 1.13 bits per heavy atom. The van der Waals surface area contributed by atoms with Crippen molar-refractivity contribution in [2.75, 3.05) is 38.3 Å². The maximum atomic E-state index is 12.6. The van der Waals surface area contributed by atoms with Crippen molar-refractivity contribution in [2.24, 2.45) is 5.92 Å². The number of nitrogens with zero attached hydrogens (tertiary/aromatic N) is 1. The third-order valence-electron chi connectivity index (χ3n) is 5.50. The highest BCUT2D eigenvalue weighted by Gasteiger charge is 2.24. The Bertz CT molecular complexity index is 843. The van der Waals surface area contributed by atoms with Crippen LogP contribution >= 0.6 is 0 Å². The summed E-state index contributed by atoms with van der Waals surface area (Å²) in [6.07, 6.45) is 3.26. The summed E-state index contributed by atoms with van der Waals surface area (Å²) in [6, 6.07) is 13.5. The summed E-state index contributed by atoms with van der Waals surface area (Å²) in [7, 11) is 1.63. The van der Waals surface area contributed by atoms with Crippen molar-refractivity contribution < 1.29 is 19.1 Å². The maximum Gasteiger partial charge on any atom is 0.223 e. The van der Waals surface area contributed by atoms with Crippen LogP contribution in [0.5, 0.6) is 11.5 Å². The van der Waals surface area contributed by atoms with Gasteiger partial charge in [0, 0.05) is 36.8 Å². The highest BCUT2D eigenvalue weighted by Crippen LogP contribution is 2.28. The van der Waals surface area contributed by atoms with E-state index in [0.29, 0.717) is 24.5 Å². The van der Waals surface area contributed by atoms with Gasteiger partial charge in [-0.2, -0.15) is 0 Å². The minimum atomic E-state index is 0.0466. The first-order valence-electron chi connectivity index (χ1n) is 10.5. The van der Waals surface area contributed by atoms with E-state index in [0.717, 1.165) is 55.6 Å². The van der Waals surface area contributed by atoms with Gasteiger partial charge in [-0.3, -0.25) is 9.59 Å². The highest BCUT2D eigenvalue weighted by atomic mass is 16.5. The Labute approximate surface area is 178 Å². The molecule has 2 aromatic carbocycles. The van der Waals surface area contributed by atoms with E-state index in [2.05, 4.69) is 10.2 Å². The maximum absolute atomic E-state index is 12.6. The molecule has 1 saturated heterocycles. The molecule has 0 aliphatic carbocycles. The van der Waals surface area contributed by atoms with Gasteiger partial charge < -0.3 is 19.7 Å². The van der Waals surface area contributed by atoms with Crippen LogP contribution in [0.3, 0.4) is 0 Å². The Hall–Kier alpha value is -3.02. The molecular formula is C24H30N2O4. The second kappa shape index (κ2) is 10.7. The number of hydrogen-bond acceptors (Lipinski definition) is 5. The predicted octanol–water partition coefficient (Wildman–Crippen LogP) is 3.48. The molecular weight excluding hydrogens is 380 g/mol. The Morgan fingerprint density at radius 2 is 1.87 bits per heavy atom. The molecule has 6 nitrogen and oxygen atoms in total. The van der Waals surface area contributed by atoms with Crippen molar-refractivity contribution in [3.05, 3.63) is 53.6 Å². The zero-order chi connectivity index (χ0) is 21.3. The lowest BCUT2D eigenvalue weighted by Crippen LogP contribution is -2.41. The summed E-state index contributed by atoms with van der Waals surface area (Å²) in [5.74, 6) is 1.63. The molecule has 2 aromatic rings. The number of carbonyl (C=O) groups excluding carboxylic acids is 2. The van der Waals surface area contributed by atoms with Gasteiger partial charge in [0.15, 0.2) is 11.5 Å². The summed E-state index contributed by atoms with van der Waals surface area (Å²) in [5.41, 5.74) is 2.88. The lowest BCUT2D eigenvalue weighted by molar-refractivity contribution is -0.125. The number of ether oxygens (including phenoxy) is 2. The van der Waals surface area contributed by atoms with E-state index in [9.17, 15) is 9.59 Å². The summed E-state index contributed by atoms with van der Waals surface area (Å²) in [6.45, 7) is 4.82. The van der Waals surface area contributed by atoms with Crippen LogP contribution in [0.1, 0.15) is 35.7 Å². The van der Waals surface area contributed by atoms with Gasteiger partial charge in [-0.05, 0) is 68.1 Å². The number of nitrogens with one attached hydrogen (secondary N) is 1. The fourth-order valence-corrected chi connectivity index (χ4v) is 3.78. The van der Waals surface area contributed by atoms with E-state index in [1.165, 1.54) is 0 Å². The lowest BCUT2D eigenvalue weighted by atomic mass is 9.95. The van der Waals surface area contributed by atoms with Gasteiger partial charge in [0.2, 0.25) is 5.91 Å². The zero-order valence-electron chi connectivity index (χ0n) is 17.7. The van der Waals surface area contributed by atoms with Crippen molar-refractivity contribution in [3.63, 3.8) is 0 Å². The molecule has 1 fully saturated rings. The van der Waals surface area contributed by atoms with E-state index in [-0.39, 0.29) is 11.8 Å². The van der Waals surface area contributed by atoms with Crippen LogP contribution in [0.15, 0.2) is 42.5 Å². The molecule has 1 heterocycles. The number of hydrogen-bond donors (Lipinski definition) is 1. The van der Waals surface area contributed by atoms with Crippen LogP contribution in [0.25, 0.3) is 0 Å². The van der Waals surface area contributed by atoms with E-state index in [1.54, 1.807) is 7.11 Å². The predicted molar refractivity (Wildman–Crippen MR) is 118 cm³/mol. The number of aldehydes is 1. The molecule has 0 radical (unpaired) electrons. The van der Waals surface area contributed by atoms with E-state index in [1.807, 2.05) is 49.4 Å². The second-order valence-electron chi connectivity index (χ2n) is 7.43. The second-order valence-corrected chi connectivity index (χ2v) is 7.43. The number of piperidine rings is 1. The zero-order valence-corrected chi connectivity index (χ0v) is 17.7. The van der Waals surface area contributed by atoms with Crippen molar-refractivity contribution in [1.29, 1.82) is 0 Å². The highest BCUT2D eigenvalue weighted by molar-refractivity contribution is 5.79. The van der Waals surface area contributed by atoms with Gasteiger partial charge in [-0.15, -0.1) is 0 Å². The molecule has 6 heteroatoms. The van der Waals surface area contributed by atoms with E-state index in [4.69, 9.17) is 9.47 Å². The van der Waals surface area contributed by atoms with Crippen LogP contribution in [0.2, 0.25) is 0 Å². The van der Waals surface area contributed by atoms with Gasteiger partial charge in [0.1, 0.15) is 6.29 Å². The van der Waals surface area contributed by atoms with E-state index < -0.39 is 0 Å². The van der Waals surface area contributed by atoms with Gasteiger partial charge in [-0.1, -0.05) is 6.07 Å². The topological polar surface area (TPSA) is 67.9 Å². The van der Waals surface area contributed by atoms with Crippen LogP contribution < -0.4 is 19.7 Å². The molecule has 1 amide bonds. The molecule has 1 N–H and O–H groups in total. The molecule has 0 spiro atoms. The van der Waals surface area contributed by atoms with Crippen LogP contribution in [0, 0.1) is 5.92 Å². The normalized spacial score (nSPS) is 14.3. The van der Waals surface area contributed by atoms with Crippen molar-refractivity contribution in [2.45, 2.75) is 26.2 Å². The molecule has 160 valence electrons. The van der Waals surface area contributed by atoms with Gasteiger partial charge in [0.05, 0.1) is 13.7 Å².